The molecular formula is C21H26N4O3. The number of nitrogens with zero attached hydrogens (tertiary/aromatic N) is 4. The Hall–Kier alpha value is -2.83. The number of hydrogen-bond acceptors (Lipinski definition) is 6. The van der Waals surface area contributed by atoms with Crippen molar-refractivity contribution in [1.29, 1.82) is 0 Å². The van der Waals surface area contributed by atoms with E-state index in [9.17, 15) is 4.79 Å². The van der Waals surface area contributed by atoms with Crippen molar-refractivity contribution in [3.63, 3.8) is 0 Å². The number of aryl methyl sites for hydroxylation is 3. The Labute approximate surface area is 165 Å². The molecule has 2 heterocycles. The van der Waals surface area contributed by atoms with Crippen LogP contribution in [-0.4, -0.2) is 60.9 Å². The van der Waals surface area contributed by atoms with Crippen LogP contribution in [0, 0.1) is 6.92 Å². The molecule has 1 aromatic heterocycles. The number of carbonyl (C=O) groups excluding carboxylic acids is 1. The Kier molecular flexibility index (Phi) is 5.32. The topological polar surface area (TPSA) is 67.8 Å². The van der Waals surface area contributed by atoms with Crippen LogP contribution in [0.3, 0.4) is 0 Å². The molecule has 28 heavy (non-hydrogen) atoms. The van der Waals surface area contributed by atoms with Gasteiger partial charge in [-0.3, -0.25) is 4.79 Å². The molecular weight excluding hydrogens is 356 g/mol. The van der Waals surface area contributed by atoms with E-state index in [-0.39, 0.29) is 12.5 Å². The van der Waals surface area contributed by atoms with Crippen molar-refractivity contribution < 1.29 is 14.3 Å². The number of carbonyl (C=O) groups is 1. The van der Waals surface area contributed by atoms with Gasteiger partial charge in [0.2, 0.25) is 0 Å². The lowest BCUT2D eigenvalue weighted by atomic mass is 10.2. The summed E-state index contributed by atoms with van der Waals surface area (Å²) in [7, 11) is 1.60. The maximum absolute atomic E-state index is 12.5. The normalized spacial score (nSPS) is 16.1. The van der Waals surface area contributed by atoms with Gasteiger partial charge in [0.25, 0.3) is 5.91 Å². The number of methoxy groups -OCH3 is 1. The van der Waals surface area contributed by atoms with Gasteiger partial charge in [-0.25, -0.2) is 0 Å². The number of aromatic nitrogens is 2. The van der Waals surface area contributed by atoms with Crippen LogP contribution in [0.25, 0.3) is 0 Å². The zero-order valence-corrected chi connectivity index (χ0v) is 16.5. The number of fused-ring (bicyclic) bond motifs is 1. The van der Waals surface area contributed by atoms with Gasteiger partial charge in [-0.05, 0) is 55.5 Å². The van der Waals surface area contributed by atoms with Gasteiger partial charge in [0.1, 0.15) is 0 Å². The van der Waals surface area contributed by atoms with Gasteiger partial charge in [-0.1, -0.05) is 6.07 Å². The first-order valence-electron chi connectivity index (χ1n) is 9.79. The van der Waals surface area contributed by atoms with E-state index >= 15 is 0 Å². The number of anilines is 1. The van der Waals surface area contributed by atoms with Gasteiger partial charge in [-0.15, -0.1) is 5.10 Å². The minimum atomic E-state index is -0.0117. The SMILES string of the molecule is COc1cc(C)ccc1OCC(=O)N1CCN(c2cc3c(nn2)CCC3)CC1. The van der Waals surface area contributed by atoms with Crippen LogP contribution >= 0.6 is 0 Å². The van der Waals surface area contributed by atoms with Crippen molar-refractivity contribution in [3.8, 4) is 11.5 Å². The molecule has 1 aliphatic carbocycles. The second-order valence-electron chi connectivity index (χ2n) is 7.34. The molecule has 0 spiro atoms. The van der Waals surface area contributed by atoms with Crippen molar-refractivity contribution in [3.05, 3.63) is 41.1 Å². The van der Waals surface area contributed by atoms with Gasteiger partial charge in [-0.2, -0.15) is 5.10 Å². The standard InChI is InChI=1S/C21H26N4O3/c1-15-6-7-18(19(12-15)27-2)28-14-21(26)25-10-8-24(9-11-25)20-13-16-4-3-5-17(16)22-23-20/h6-7,12-13H,3-5,8-11,14H2,1-2H3. The lowest BCUT2D eigenvalue weighted by molar-refractivity contribution is -0.133. The highest BCUT2D eigenvalue weighted by atomic mass is 16.5. The molecule has 2 aromatic rings. The Morgan fingerprint density at radius 3 is 2.68 bits per heavy atom. The molecule has 1 amide bonds. The lowest BCUT2D eigenvalue weighted by Crippen LogP contribution is -2.50. The molecule has 4 rings (SSSR count). The van der Waals surface area contributed by atoms with Crippen LogP contribution < -0.4 is 14.4 Å². The van der Waals surface area contributed by atoms with Gasteiger partial charge >= 0.3 is 0 Å². The summed E-state index contributed by atoms with van der Waals surface area (Å²) in [6, 6.07) is 7.85. The molecule has 2 aliphatic rings. The quantitative estimate of drug-likeness (QED) is 0.788. The van der Waals surface area contributed by atoms with Gasteiger partial charge in [0.15, 0.2) is 23.9 Å². The highest BCUT2D eigenvalue weighted by Gasteiger charge is 2.24. The van der Waals surface area contributed by atoms with Crippen LogP contribution in [0.1, 0.15) is 23.2 Å². The first-order valence-corrected chi connectivity index (χ1v) is 9.79. The van der Waals surface area contributed by atoms with Crippen LogP contribution in [0.5, 0.6) is 11.5 Å². The molecule has 0 radical (unpaired) electrons. The van der Waals surface area contributed by atoms with Crippen LogP contribution in [-0.2, 0) is 17.6 Å². The third-order valence-electron chi connectivity index (χ3n) is 5.43. The van der Waals surface area contributed by atoms with Crippen molar-refractivity contribution in [2.24, 2.45) is 0 Å². The molecule has 0 N–H and O–H groups in total. The second-order valence-corrected chi connectivity index (χ2v) is 7.34. The zero-order valence-electron chi connectivity index (χ0n) is 16.5. The van der Waals surface area contributed by atoms with Crippen molar-refractivity contribution in [1.82, 2.24) is 15.1 Å². The molecule has 7 heteroatoms. The van der Waals surface area contributed by atoms with E-state index in [0.717, 1.165) is 43.0 Å². The molecule has 0 atom stereocenters. The number of piperazine rings is 1. The summed E-state index contributed by atoms with van der Waals surface area (Å²) in [5.41, 5.74) is 3.55. The maximum atomic E-state index is 12.5. The summed E-state index contributed by atoms with van der Waals surface area (Å²) in [4.78, 5) is 16.6. The second kappa shape index (κ2) is 8.04. The summed E-state index contributed by atoms with van der Waals surface area (Å²) >= 11 is 0. The van der Waals surface area contributed by atoms with Crippen LogP contribution in [0.15, 0.2) is 24.3 Å². The predicted octanol–water partition coefficient (Wildman–Crippen LogP) is 2.01. The highest BCUT2D eigenvalue weighted by Crippen LogP contribution is 2.28. The zero-order chi connectivity index (χ0) is 19.5. The molecule has 1 fully saturated rings. The molecule has 0 bridgehead atoms. The Morgan fingerprint density at radius 1 is 1.07 bits per heavy atom. The molecule has 0 unspecified atom stereocenters. The first kappa shape index (κ1) is 18.5. The molecule has 7 nitrogen and oxygen atoms in total. The predicted molar refractivity (Wildman–Crippen MR) is 106 cm³/mol. The Bertz CT molecular complexity index is 863. The smallest absolute Gasteiger partial charge is 0.260 e. The van der Waals surface area contributed by atoms with Gasteiger partial charge < -0.3 is 19.3 Å². The number of hydrogen-bond donors (Lipinski definition) is 0. The molecule has 0 saturated carbocycles. The maximum Gasteiger partial charge on any atom is 0.260 e. The highest BCUT2D eigenvalue weighted by molar-refractivity contribution is 5.78. The fraction of sp³-hybridized carbons (Fsp3) is 0.476. The van der Waals surface area contributed by atoms with Crippen molar-refractivity contribution in [2.75, 3.05) is 44.8 Å². The van der Waals surface area contributed by atoms with E-state index in [1.165, 1.54) is 12.0 Å². The lowest BCUT2D eigenvalue weighted by Gasteiger charge is -2.35. The van der Waals surface area contributed by atoms with Crippen LogP contribution in [0.4, 0.5) is 5.82 Å². The number of amides is 1. The summed E-state index contributed by atoms with van der Waals surface area (Å²) in [5, 5.41) is 8.75. The minimum absolute atomic E-state index is 0.0117. The molecule has 1 saturated heterocycles. The van der Waals surface area contributed by atoms with E-state index in [4.69, 9.17) is 9.47 Å². The van der Waals surface area contributed by atoms with Crippen LogP contribution in [0.2, 0.25) is 0 Å². The fourth-order valence-electron chi connectivity index (χ4n) is 3.78. The Morgan fingerprint density at radius 2 is 1.89 bits per heavy atom. The van der Waals surface area contributed by atoms with E-state index in [1.54, 1.807) is 7.11 Å². The third-order valence-corrected chi connectivity index (χ3v) is 5.43. The van der Waals surface area contributed by atoms with Crippen molar-refractivity contribution >= 4 is 11.7 Å². The minimum Gasteiger partial charge on any atom is -0.493 e. The summed E-state index contributed by atoms with van der Waals surface area (Å²) in [5.74, 6) is 2.15. The van der Waals surface area contributed by atoms with Gasteiger partial charge in [0.05, 0.1) is 12.8 Å². The van der Waals surface area contributed by atoms with Gasteiger partial charge in [0, 0.05) is 26.2 Å². The number of benzene rings is 1. The molecule has 1 aromatic carbocycles. The average Bonchev–Trinajstić information content (AvgIpc) is 3.20. The van der Waals surface area contributed by atoms with E-state index in [2.05, 4.69) is 21.2 Å². The third kappa shape index (κ3) is 3.88. The summed E-state index contributed by atoms with van der Waals surface area (Å²) in [6.07, 6.45) is 3.30. The van der Waals surface area contributed by atoms with Crippen molar-refractivity contribution in [2.45, 2.75) is 26.2 Å². The first-order chi connectivity index (χ1) is 13.6. The van der Waals surface area contributed by atoms with E-state index in [1.807, 2.05) is 30.0 Å². The number of ether oxygens (including phenoxy) is 2. The summed E-state index contributed by atoms with van der Waals surface area (Å²) in [6.45, 7) is 4.83. The summed E-state index contributed by atoms with van der Waals surface area (Å²) < 4.78 is 11.0. The van der Waals surface area contributed by atoms with E-state index in [0.29, 0.717) is 24.6 Å². The molecule has 148 valence electrons. The van der Waals surface area contributed by atoms with E-state index < -0.39 is 0 Å². The average molecular weight is 382 g/mol. The largest absolute Gasteiger partial charge is 0.493 e. The molecule has 1 aliphatic heterocycles. The number of rotatable bonds is 5. The monoisotopic (exact) mass is 382 g/mol. The fourth-order valence-corrected chi connectivity index (χ4v) is 3.78. The Balaban J connectivity index is 1.30.